The number of ether oxygens (including phenoxy) is 1. The third kappa shape index (κ3) is 6.42. The highest BCUT2D eigenvalue weighted by molar-refractivity contribution is 5.84. The molecular weight excluding hydrogens is 497 g/mol. The van der Waals surface area contributed by atoms with Crippen LogP contribution in [0.15, 0.2) is 60.7 Å². The molecule has 0 spiro atoms. The van der Waals surface area contributed by atoms with Crippen molar-refractivity contribution in [1.29, 1.82) is 0 Å². The van der Waals surface area contributed by atoms with Gasteiger partial charge < -0.3 is 4.74 Å². The third-order valence-corrected chi connectivity index (χ3v) is 6.28. The molecule has 0 heterocycles. The van der Waals surface area contributed by atoms with E-state index in [1.807, 2.05) is 6.92 Å². The van der Waals surface area contributed by atoms with Crippen LogP contribution in [0.5, 0.6) is 5.75 Å². The number of benzene rings is 4. The number of aryl methyl sites for hydroxylation is 4. The lowest BCUT2D eigenvalue weighted by Gasteiger charge is -2.11. The Bertz CT molecular complexity index is 1400. The molecule has 0 N–H and O–H groups in total. The Kier molecular flexibility index (Phi) is 7.76. The highest BCUT2D eigenvalue weighted by Crippen LogP contribution is 2.28. The van der Waals surface area contributed by atoms with Crippen LogP contribution in [0.1, 0.15) is 34.7 Å². The topological polar surface area (TPSA) is 9.23 Å². The fraction of sp³-hybridized carbons (Fsp3) is 0.241. The molecular formula is C29H23F7O. The third-order valence-electron chi connectivity index (χ3n) is 6.28. The predicted molar refractivity (Wildman–Crippen MR) is 128 cm³/mol. The minimum absolute atomic E-state index is 0.0215. The molecule has 0 saturated heterocycles. The van der Waals surface area contributed by atoms with Gasteiger partial charge in [-0.2, -0.15) is 0 Å². The van der Waals surface area contributed by atoms with Gasteiger partial charge in [0.05, 0.1) is 0 Å². The van der Waals surface area contributed by atoms with Crippen LogP contribution in [0.4, 0.5) is 30.7 Å². The molecule has 0 aliphatic carbocycles. The van der Waals surface area contributed by atoms with E-state index in [0.29, 0.717) is 40.3 Å². The molecule has 0 unspecified atom stereocenters. The molecule has 0 atom stereocenters. The van der Waals surface area contributed by atoms with Crippen LogP contribution >= 0.6 is 0 Å². The first-order chi connectivity index (χ1) is 17.5. The number of alkyl halides is 3. The zero-order valence-electron chi connectivity index (χ0n) is 19.9. The number of halogens is 7. The summed E-state index contributed by atoms with van der Waals surface area (Å²) in [6, 6.07) is 14.2. The fourth-order valence-corrected chi connectivity index (χ4v) is 4.29. The van der Waals surface area contributed by atoms with Gasteiger partial charge >= 0.3 is 6.36 Å². The van der Waals surface area contributed by atoms with Gasteiger partial charge in [0.25, 0.3) is 0 Å². The van der Waals surface area contributed by atoms with Gasteiger partial charge in [-0.15, -0.1) is 13.2 Å². The maximum absolute atomic E-state index is 15.1. The quantitative estimate of drug-likeness (QED) is 0.212. The molecule has 0 amide bonds. The molecule has 0 aliphatic rings. The minimum Gasteiger partial charge on any atom is -0.403 e. The van der Waals surface area contributed by atoms with Gasteiger partial charge in [0.1, 0.15) is 17.5 Å². The molecule has 37 heavy (non-hydrogen) atoms. The molecule has 8 heteroatoms. The normalized spacial score (nSPS) is 11.8. The average Bonchev–Trinajstić information content (AvgIpc) is 2.83. The highest BCUT2D eigenvalue weighted by Gasteiger charge is 2.32. The van der Waals surface area contributed by atoms with E-state index in [4.69, 9.17) is 0 Å². The van der Waals surface area contributed by atoms with Crippen molar-refractivity contribution >= 4 is 10.8 Å². The van der Waals surface area contributed by atoms with E-state index in [1.54, 1.807) is 30.3 Å². The summed E-state index contributed by atoms with van der Waals surface area (Å²) in [6.45, 7) is 1.82. The summed E-state index contributed by atoms with van der Waals surface area (Å²) >= 11 is 0. The summed E-state index contributed by atoms with van der Waals surface area (Å²) in [5, 5.41) is 0.992. The molecule has 4 aromatic carbocycles. The van der Waals surface area contributed by atoms with Crippen LogP contribution in [0.25, 0.3) is 10.8 Å². The molecule has 4 rings (SSSR count). The van der Waals surface area contributed by atoms with Gasteiger partial charge in [-0.25, -0.2) is 17.6 Å². The lowest BCUT2D eigenvalue weighted by molar-refractivity contribution is -0.275. The standard InChI is InChI=1S/C29H23F7O/c1-2-17-14-24(30)23(25(31)15-17)11-5-18-4-10-22-21(13-18)9-8-20(28(22)33)7-3-19-6-12-27(26(32)16-19)37-29(34,35)36/h4,6,8-10,12-16H,2-3,5,7,11H2,1H3. The van der Waals surface area contributed by atoms with Crippen molar-refractivity contribution in [3.63, 3.8) is 0 Å². The zero-order valence-corrected chi connectivity index (χ0v) is 19.9. The van der Waals surface area contributed by atoms with Crippen molar-refractivity contribution in [2.75, 3.05) is 0 Å². The van der Waals surface area contributed by atoms with E-state index in [1.165, 1.54) is 18.2 Å². The summed E-state index contributed by atoms with van der Waals surface area (Å²) in [6.07, 6.45) is -3.52. The largest absolute Gasteiger partial charge is 0.573 e. The van der Waals surface area contributed by atoms with E-state index in [2.05, 4.69) is 4.74 Å². The van der Waals surface area contributed by atoms with Crippen LogP contribution in [-0.4, -0.2) is 6.36 Å². The van der Waals surface area contributed by atoms with Gasteiger partial charge in [0.2, 0.25) is 0 Å². The minimum atomic E-state index is -5.00. The van der Waals surface area contributed by atoms with E-state index in [0.717, 1.165) is 17.7 Å². The number of hydrogen-bond donors (Lipinski definition) is 0. The van der Waals surface area contributed by atoms with Crippen LogP contribution in [0, 0.1) is 23.3 Å². The van der Waals surface area contributed by atoms with Gasteiger partial charge in [-0.05, 0) is 84.0 Å². The van der Waals surface area contributed by atoms with Crippen LogP contribution in [-0.2, 0) is 32.1 Å². The second-order valence-corrected chi connectivity index (χ2v) is 8.80. The Hall–Kier alpha value is -3.55. The maximum Gasteiger partial charge on any atom is 0.573 e. The average molecular weight is 520 g/mol. The fourth-order valence-electron chi connectivity index (χ4n) is 4.29. The number of hydrogen-bond acceptors (Lipinski definition) is 1. The highest BCUT2D eigenvalue weighted by atomic mass is 19.4. The van der Waals surface area contributed by atoms with E-state index < -0.39 is 35.4 Å². The Labute approximate surface area is 209 Å². The summed E-state index contributed by atoms with van der Waals surface area (Å²) in [5.41, 5.74) is 2.18. The van der Waals surface area contributed by atoms with Crippen molar-refractivity contribution in [3.8, 4) is 5.75 Å². The molecule has 4 aromatic rings. The summed E-state index contributed by atoms with van der Waals surface area (Å²) in [4.78, 5) is 0. The smallest absolute Gasteiger partial charge is 0.403 e. The molecule has 0 aromatic heterocycles. The molecule has 0 bridgehead atoms. The Morgan fingerprint density at radius 3 is 1.92 bits per heavy atom. The van der Waals surface area contributed by atoms with E-state index in [-0.39, 0.29) is 24.8 Å². The van der Waals surface area contributed by atoms with Gasteiger partial charge in [0, 0.05) is 10.9 Å². The lowest BCUT2D eigenvalue weighted by Crippen LogP contribution is -2.18. The Morgan fingerprint density at radius 2 is 1.27 bits per heavy atom. The Balaban J connectivity index is 1.45. The monoisotopic (exact) mass is 520 g/mol. The van der Waals surface area contributed by atoms with Crippen LogP contribution in [0.2, 0.25) is 0 Å². The van der Waals surface area contributed by atoms with Crippen molar-refractivity contribution in [2.24, 2.45) is 0 Å². The number of fused-ring (bicyclic) bond motifs is 1. The summed E-state index contributed by atoms with van der Waals surface area (Å²) in [5.74, 6) is -3.67. The predicted octanol–water partition coefficient (Wildman–Crippen LogP) is 8.43. The first-order valence-corrected chi connectivity index (χ1v) is 11.7. The van der Waals surface area contributed by atoms with Crippen LogP contribution in [0.3, 0.4) is 0 Å². The summed E-state index contributed by atoms with van der Waals surface area (Å²) in [7, 11) is 0. The van der Waals surface area contributed by atoms with E-state index in [9.17, 15) is 26.3 Å². The maximum atomic E-state index is 15.1. The molecule has 0 radical (unpaired) electrons. The molecule has 0 aliphatic heterocycles. The first kappa shape index (κ1) is 26.5. The van der Waals surface area contributed by atoms with Gasteiger partial charge in [0.15, 0.2) is 11.6 Å². The second kappa shape index (κ2) is 10.8. The lowest BCUT2D eigenvalue weighted by atomic mass is 9.96. The zero-order chi connectivity index (χ0) is 26.7. The summed E-state index contributed by atoms with van der Waals surface area (Å²) < 4.78 is 98.2. The number of rotatable bonds is 8. The van der Waals surface area contributed by atoms with Gasteiger partial charge in [-0.3, -0.25) is 0 Å². The van der Waals surface area contributed by atoms with Gasteiger partial charge in [-0.1, -0.05) is 43.3 Å². The van der Waals surface area contributed by atoms with Crippen LogP contribution < -0.4 is 4.74 Å². The first-order valence-electron chi connectivity index (χ1n) is 11.7. The Morgan fingerprint density at radius 1 is 0.649 bits per heavy atom. The molecule has 0 saturated carbocycles. The molecule has 0 fully saturated rings. The van der Waals surface area contributed by atoms with Crippen molar-refractivity contribution in [1.82, 2.24) is 0 Å². The van der Waals surface area contributed by atoms with Crippen molar-refractivity contribution in [3.05, 3.63) is 112 Å². The SMILES string of the molecule is CCc1cc(F)c(CCc2ccc3c(F)c(CCc4ccc(OC(F)(F)F)c(F)c4)ccc3c2)c(F)c1. The van der Waals surface area contributed by atoms with Crippen molar-refractivity contribution < 1.29 is 35.5 Å². The van der Waals surface area contributed by atoms with Crippen molar-refractivity contribution in [2.45, 2.75) is 45.4 Å². The molecule has 1 nitrogen and oxygen atoms in total. The molecule has 194 valence electrons. The second-order valence-electron chi connectivity index (χ2n) is 8.80. The van der Waals surface area contributed by atoms with E-state index >= 15 is 4.39 Å².